The molecule has 0 radical (unpaired) electrons. The number of pyridine rings is 1. The molecular formula is C22H29N4O2S+. The summed E-state index contributed by atoms with van der Waals surface area (Å²) in [7, 11) is 4.27. The first kappa shape index (κ1) is 21.1. The quantitative estimate of drug-likeness (QED) is 0.389. The van der Waals surface area contributed by atoms with Crippen LogP contribution < -0.4 is 15.8 Å². The summed E-state index contributed by atoms with van der Waals surface area (Å²) in [4.78, 5) is 19.1. The van der Waals surface area contributed by atoms with Crippen LogP contribution in [0.4, 0.5) is 0 Å². The van der Waals surface area contributed by atoms with Gasteiger partial charge in [-0.3, -0.25) is 4.79 Å². The lowest BCUT2D eigenvalue weighted by Crippen LogP contribution is -3.05. The van der Waals surface area contributed by atoms with Crippen molar-refractivity contribution in [2.45, 2.75) is 26.4 Å². The minimum atomic E-state index is -0.0877. The van der Waals surface area contributed by atoms with Crippen LogP contribution in [0.15, 0.2) is 51.9 Å². The van der Waals surface area contributed by atoms with Crippen molar-refractivity contribution >= 4 is 28.2 Å². The van der Waals surface area contributed by atoms with Gasteiger partial charge in [0.1, 0.15) is 5.76 Å². The highest BCUT2D eigenvalue weighted by molar-refractivity contribution is 7.80. The first-order valence-electron chi connectivity index (χ1n) is 9.90. The van der Waals surface area contributed by atoms with Crippen LogP contribution in [-0.2, 0) is 13.1 Å². The highest BCUT2D eigenvalue weighted by Crippen LogP contribution is 2.16. The second-order valence-corrected chi connectivity index (χ2v) is 8.03. The maximum atomic E-state index is 12.7. The van der Waals surface area contributed by atoms with E-state index in [1.165, 1.54) is 4.90 Å². The Morgan fingerprint density at radius 3 is 2.79 bits per heavy atom. The largest absolute Gasteiger partial charge is 0.467 e. The first-order chi connectivity index (χ1) is 13.9. The minimum absolute atomic E-state index is 0.0877. The molecule has 0 amide bonds. The van der Waals surface area contributed by atoms with E-state index < -0.39 is 0 Å². The van der Waals surface area contributed by atoms with Gasteiger partial charge < -0.3 is 24.5 Å². The fourth-order valence-corrected chi connectivity index (χ4v) is 3.52. The number of quaternary nitrogens is 1. The van der Waals surface area contributed by atoms with Gasteiger partial charge in [-0.1, -0.05) is 18.2 Å². The lowest BCUT2D eigenvalue weighted by Gasteiger charge is -2.25. The number of para-hydroxylation sites is 1. The van der Waals surface area contributed by atoms with E-state index in [2.05, 4.69) is 24.4 Å². The van der Waals surface area contributed by atoms with Crippen molar-refractivity contribution in [2.24, 2.45) is 0 Å². The lowest BCUT2D eigenvalue weighted by atomic mass is 10.1. The maximum Gasteiger partial charge on any atom is 0.253 e. The molecule has 2 heterocycles. The Bertz CT molecular complexity index is 1010. The molecule has 0 fully saturated rings. The molecule has 0 aliphatic carbocycles. The van der Waals surface area contributed by atoms with E-state index in [1.54, 1.807) is 6.26 Å². The topological polar surface area (TPSA) is 65.7 Å². The summed E-state index contributed by atoms with van der Waals surface area (Å²) in [5, 5.41) is 4.97. The molecule has 29 heavy (non-hydrogen) atoms. The molecule has 3 rings (SSSR count). The molecule has 0 bridgehead atoms. The van der Waals surface area contributed by atoms with Crippen molar-refractivity contribution in [3.63, 3.8) is 0 Å². The van der Waals surface area contributed by atoms with Crippen LogP contribution >= 0.6 is 12.2 Å². The Labute approximate surface area is 176 Å². The zero-order valence-electron chi connectivity index (χ0n) is 17.2. The average Bonchev–Trinajstić information content (AvgIpc) is 3.19. The fraction of sp³-hybridized carbons (Fsp3) is 0.364. The van der Waals surface area contributed by atoms with Gasteiger partial charge in [-0.25, -0.2) is 0 Å². The Hall–Kier alpha value is -2.64. The summed E-state index contributed by atoms with van der Waals surface area (Å²) < 4.78 is 5.51. The number of H-pyrrole nitrogens is 1. The SMILES string of the molecule is Cc1cccc2cc(CN(Cc3ccco3)C(=S)NCCC[NH+](C)C)c(=O)[nH]c12. The van der Waals surface area contributed by atoms with Crippen molar-refractivity contribution in [1.82, 2.24) is 15.2 Å². The highest BCUT2D eigenvalue weighted by Gasteiger charge is 2.15. The molecule has 0 atom stereocenters. The van der Waals surface area contributed by atoms with Crippen LogP contribution in [0.1, 0.15) is 23.3 Å². The Balaban J connectivity index is 1.79. The molecule has 3 N–H and O–H groups in total. The zero-order chi connectivity index (χ0) is 20.8. The van der Waals surface area contributed by atoms with Crippen LogP contribution in [0, 0.1) is 6.92 Å². The van der Waals surface area contributed by atoms with E-state index >= 15 is 0 Å². The van der Waals surface area contributed by atoms with Crippen LogP contribution in [0.2, 0.25) is 0 Å². The molecule has 0 saturated heterocycles. The smallest absolute Gasteiger partial charge is 0.253 e. The first-order valence-corrected chi connectivity index (χ1v) is 10.3. The average molecular weight is 414 g/mol. The Morgan fingerprint density at radius 1 is 1.24 bits per heavy atom. The number of aromatic amines is 1. The van der Waals surface area contributed by atoms with Gasteiger partial charge in [-0.2, -0.15) is 0 Å². The van der Waals surface area contributed by atoms with Crippen molar-refractivity contribution in [1.29, 1.82) is 0 Å². The normalized spacial score (nSPS) is 11.2. The Kier molecular flexibility index (Phi) is 7.06. The molecule has 154 valence electrons. The number of furan rings is 1. The number of fused-ring (bicyclic) bond motifs is 1. The third-order valence-corrected chi connectivity index (χ3v) is 5.27. The third-order valence-electron chi connectivity index (χ3n) is 4.87. The predicted octanol–water partition coefficient (Wildman–Crippen LogP) is 1.84. The van der Waals surface area contributed by atoms with E-state index in [-0.39, 0.29) is 5.56 Å². The molecule has 7 heteroatoms. The molecule has 0 spiro atoms. The second-order valence-electron chi connectivity index (χ2n) is 7.64. The van der Waals surface area contributed by atoms with E-state index in [9.17, 15) is 4.79 Å². The summed E-state index contributed by atoms with van der Waals surface area (Å²) in [6.45, 7) is 4.77. The number of hydrogen-bond donors (Lipinski definition) is 3. The molecule has 0 aliphatic rings. The van der Waals surface area contributed by atoms with Gasteiger partial charge >= 0.3 is 0 Å². The number of rotatable bonds is 8. The third kappa shape index (κ3) is 5.68. The lowest BCUT2D eigenvalue weighted by molar-refractivity contribution is -0.858. The molecule has 6 nitrogen and oxygen atoms in total. The molecule has 1 aromatic carbocycles. The van der Waals surface area contributed by atoms with Gasteiger partial charge in [0.25, 0.3) is 5.56 Å². The number of aromatic nitrogens is 1. The fourth-order valence-electron chi connectivity index (χ4n) is 3.29. The van der Waals surface area contributed by atoms with Crippen molar-refractivity contribution in [2.75, 3.05) is 27.2 Å². The summed E-state index contributed by atoms with van der Waals surface area (Å²) >= 11 is 5.64. The second kappa shape index (κ2) is 9.71. The van der Waals surface area contributed by atoms with Gasteiger partial charge in [0.2, 0.25) is 0 Å². The van der Waals surface area contributed by atoms with E-state index in [0.29, 0.717) is 23.8 Å². The summed E-state index contributed by atoms with van der Waals surface area (Å²) in [5.74, 6) is 0.806. The predicted molar refractivity (Wildman–Crippen MR) is 120 cm³/mol. The van der Waals surface area contributed by atoms with Gasteiger partial charge in [0, 0.05) is 18.5 Å². The molecule has 0 aliphatic heterocycles. The molecule has 2 aromatic heterocycles. The van der Waals surface area contributed by atoms with Gasteiger partial charge in [-0.05, 0) is 48.3 Å². The summed E-state index contributed by atoms with van der Waals surface area (Å²) in [6.07, 6.45) is 2.67. The Morgan fingerprint density at radius 2 is 2.07 bits per heavy atom. The standard InChI is InChI=1S/C22H28N4O2S/c1-16-7-4-8-17-13-18(21(27)24-20(16)17)14-26(15-19-9-5-12-28-19)22(29)23-10-6-11-25(2)3/h4-5,7-9,12-13H,6,10-11,14-15H2,1-3H3,(H,23,29)(H,24,27)/p+1. The molecule has 3 aromatic rings. The number of hydrogen-bond acceptors (Lipinski definition) is 3. The van der Waals surface area contributed by atoms with Gasteiger partial charge in [0.15, 0.2) is 5.11 Å². The van der Waals surface area contributed by atoms with Crippen molar-refractivity contribution < 1.29 is 9.32 Å². The van der Waals surface area contributed by atoms with Crippen LogP contribution in [0.5, 0.6) is 0 Å². The number of benzene rings is 1. The van der Waals surface area contributed by atoms with Crippen molar-refractivity contribution in [3.05, 3.63) is 69.9 Å². The number of thiocarbonyl (C=S) groups is 1. The zero-order valence-corrected chi connectivity index (χ0v) is 18.1. The number of nitrogens with one attached hydrogen (secondary N) is 3. The van der Waals surface area contributed by atoms with Crippen molar-refractivity contribution in [3.8, 4) is 0 Å². The molecule has 0 unspecified atom stereocenters. The van der Waals surface area contributed by atoms with Crippen LogP contribution in [0.3, 0.4) is 0 Å². The van der Waals surface area contributed by atoms with Crippen LogP contribution in [0.25, 0.3) is 10.9 Å². The monoisotopic (exact) mass is 413 g/mol. The van der Waals surface area contributed by atoms with Gasteiger partial charge in [-0.15, -0.1) is 0 Å². The minimum Gasteiger partial charge on any atom is -0.467 e. The summed E-state index contributed by atoms with van der Waals surface area (Å²) in [5.41, 5.74) is 2.52. The van der Waals surface area contributed by atoms with Crippen LogP contribution in [-0.4, -0.2) is 42.2 Å². The number of nitrogens with zero attached hydrogens (tertiary/aromatic N) is 1. The van der Waals surface area contributed by atoms with E-state index in [0.717, 1.165) is 41.7 Å². The summed E-state index contributed by atoms with van der Waals surface area (Å²) in [6, 6.07) is 11.7. The van der Waals surface area contributed by atoms with Gasteiger partial charge in [0.05, 0.1) is 45.5 Å². The van der Waals surface area contributed by atoms with E-state index in [4.69, 9.17) is 16.6 Å². The molecule has 0 saturated carbocycles. The highest BCUT2D eigenvalue weighted by atomic mass is 32.1. The maximum absolute atomic E-state index is 12.7. The molecular weight excluding hydrogens is 384 g/mol. The number of aryl methyl sites for hydroxylation is 1. The van der Waals surface area contributed by atoms with E-state index in [1.807, 2.05) is 48.2 Å².